The lowest BCUT2D eigenvalue weighted by molar-refractivity contribution is 0.379. The van der Waals surface area contributed by atoms with Crippen LogP contribution in [0.5, 0.6) is 17.2 Å². The molecule has 0 spiro atoms. The summed E-state index contributed by atoms with van der Waals surface area (Å²) in [5.41, 5.74) is 1.95. The highest BCUT2D eigenvalue weighted by molar-refractivity contribution is 5.81. The van der Waals surface area contributed by atoms with Crippen LogP contribution in [0, 0.1) is 0 Å². The Kier molecular flexibility index (Phi) is 4.43. The summed E-state index contributed by atoms with van der Waals surface area (Å²) in [4.78, 5) is 4.45. The van der Waals surface area contributed by atoms with E-state index in [1.807, 2.05) is 84.8 Å². The molecule has 1 aromatic heterocycles. The molecule has 0 bridgehead atoms. The molecule has 116 valence electrons. The predicted molar refractivity (Wildman–Crippen MR) is 92.2 cm³/mol. The summed E-state index contributed by atoms with van der Waals surface area (Å²) in [5.74, 6) is 2.14. The van der Waals surface area contributed by atoms with Gasteiger partial charge in [-0.1, -0.05) is 12.1 Å². The number of para-hydroxylation sites is 2. The number of hydrogen-bond donors (Lipinski definition) is 0. The van der Waals surface area contributed by atoms with E-state index in [2.05, 4.69) is 4.99 Å². The molecule has 0 amide bonds. The number of rotatable bonds is 5. The number of aryl methyl sites for hydroxylation is 1. The summed E-state index contributed by atoms with van der Waals surface area (Å²) in [6, 6.07) is 17.2. The molecule has 0 fully saturated rings. The van der Waals surface area contributed by atoms with E-state index >= 15 is 0 Å². The van der Waals surface area contributed by atoms with Gasteiger partial charge in [-0.05, 0) is 42.5 Å². The number of hydrogen-bond acceptors (Lipinski definition) is 3. The number of aliphatic imine (C=N–C) groups is 1. The summed E-state index contributed by atoms with van der Waals surface area (Å²) < 4.78 is 13.1. The summed E-state index contributed by atoms with van der Waals surface area (Å²) in [6.45, 7) is 0. The Morgan fingerprint density at radius 3 is 2.35 bits per heavy atom. The van der Waals surface area contributed by atoms with Crippen molar-refractivity contribution >= 4 is 11.9 Å². The smallest absolute Gasteiger partial charge is 0.169 e. The zero-order chi connectivity index (χ0) is 16.1. The molecule has 0 saturated carbocycles. The van der Waals surface area contributed by atoms with Crippen molar-refractivity contribution in [1.29, 1.82) is 0 Å². The largest absolute Gasteiger partial charge is 0.493 e. The van der Waals surface area contributed by atoms with Crippen molar-refractivity contribution in [3.05, 3.63) is 72.6 Å². The van der Waals surface area contributed by atoms with E-state index in [1.165, 1.54) is 0 Å². The molecule has 4 heteroatoms. The van der Waals surface area contributed by atoms with Crippen molar-refractivity contribution < 1.29 is 9.47 Å². The maximum absolute atomic E-state index is 5.84. The average Bonchev–Trinajstić information content (AvgIpc) is 3.00. The maximum atomic E-state index is 5.84. The first-order chi connectivity index (χ1) is 11.2. The summed E-state index contributed by atoms with van der Waals surface area (Å²) in [6.07, 6.45) is 5.85. The zero-order valence-electron chi connectivity index (χ0n) is 13.1. The molecule has 0 atom stereocenters. The molecule has 2 aromatic carbocycles. The molecular formula is C19H18N2O2. The van der Waals surface area contributed by atoms with Crippen molar-refractivity contribution in [2.24, 2.45) is 12.0 Å². The molecule has 3 aromatic rings. The molecule has 0 aliphatic rings. The fraction of sp³-hybridized carbons (Fsp3) is 0.105. The van der Waals surface area contributed by atoms with Gasteiger partial charge in [0, 0.05) is 31.2 Å². The lowest BCUT2D eigenvalue weighted by Gasteiger charge is -2.09. The Morgan fingerprint density at radius 2 is 1.70 bits per heavy atom. The third kappa shape index (κ3) is 3.80. The van der Waals surface area contributed by atoms with Crippen LogP contribution in [0.1, 0.15) is 5.56 Å². The fourth-order valence-corrected chi connectivity index (χ4v) is 2.18. The first-order valence-corrected chi connectivity index (χ1v) is 7.31. The third-order valence-electron chi connectivity index (χ3n) is 3.35. The van der Waals surface area contributed by atoms with Gasteiger partial charge in [0.05, 0.1) is 12.8 Å². The van der Waals surface area contributed by atoms with E-state index in [4.69, 9.17) is 9.47 Å². The second-order valence-electron chi connectivity index (χ2n) is 5.12. The first-order valence-electron chi connectivity index (χ1n) is 7.31. The van der Waals surface area contributed by atoms with Crippen molar-refractivity contribution in [2.45, 2.75) is 0 Å². The topological polar surface area (TPSA) is 35.8 Å². The van der Waals surface area contributed by atoms with E-state index in [1.54, 1.807) is 7.11 Å². The van der Waals surface area contributed by atoms with Gasteiger partial charge in [-0.2, -0.15) is 0 Å². The highest BCUT2D eigenvalue weighted by atomic mass is 16.5. The molecule has 0 unspecified atom stereocenters. The Balaban J connectivity index is 1.71. The van der Waals surface area contributed by atoms with Gasteiger partial charge in [0.15, 0.2) is 11.5 Å². The van der Waals surface area contributed by atoms with Crippen molar-refractivity contribution in [1.82, 2.24) is 4.57 Å². The quantitative estimate of drug-likeness (QED) is 0.647. The second-order valence-corrected chi connectivity index (χ2v) is 5.12. The number of ether oxygens (including phenoxy) is 2. The molecule has 0 aliphatic heterocycles. The molecular weight excluding hydrogens is 288 g/mol. The Bertz CT molecular complexity index is 804. The number of benzene rings is 2. The van der Waals surface area contributed by atoms with Gasteiger partial charge in [-0.15, -0.1) is 0 Å². The van der Waals surface area contributed by atoms with Crippen LogP contribution in [0.3, 0.4) is 0 Å². The number of nitrogens with zero attached hydrogens (tertiary/aromatic N) is 2. The molecule has 0 aliphatic carbocycles. The molecule has 3 rings (SSSR count). The van der Waals surface area contributed by atoms with Crippen LogP contribution in [0.4, 0.5) is 5.69 Å². The lowest BCUT2D eigenvalue weighted by Crippen LogP contribution is -1.89. The Morgan fingerprint density at radius 1 is 0.957 bits per heavy atom. The van der Waals surface area contributed by atoms with Gasteiger partial charge >= 0.3 is 0 Å². The molecule has 4 nitrogen and oxygen atoms in total. The van der Waals surface area contributed by atoms with Crippen molar-refractivity contribution in [3.63, 3.8) is 0 Å². The average molecular weight is 306 g/mol. The first kappa shape index (κ1) is 14.9. The monoisotopic (exact) mass is 306 g/mol. The van der Waals surface area contributed by atoms with Gasteiger partial charge in [0.1, 0.15) is 5.75 Å². The molecule has 0 radical (unpaired) electrons. The van der Waals surface area contributed by atoms with Crippen LogP contribution < -0.4 is 9.47 Å². The molecule has 0 saturated heterocycles. The highest BCUT2D eigenvalue weighted by Gasteiger charge is 2.04. The standard InChI is InChI=1S/C19H18N2O2/c1-21-12-11-15(14-21)13-20-16-7-9-17(10-8-16)23-19-6-4-3-5-18(19)22-2/h3-14H,1-2H3. The third-order valence-corrected chi connectivity index (χ3v) is 3.35. The van der Waals surface area contributed by atoms with Crippen LogP contribution in [0.25, 0.3) is 0 Å². The zero-order valence-corrected chi connectivity index (χ0v) is 13.1. The molecule has 0 N–H and O–H groups in total. The van der Waals surface area contributed by atoms with E-state index in [-0.39, 0.29) is 0 Å². The van der Waals surface area contributed by atoms with Gasteiger partial charge in [0.25, 0.3) is 0 Å². The van der Waals surface area contributed by atoms with Gasteiger partial charge in [-0.25, -0.2) is 0 Å². The minimum Gasteiger partial charge on any atom is -0.493 e. The van der Waals surface area contributed by atoms with Gasteiger partial charge in [-0.3, -0.25) is 4.99 Å². The molecule has 23 heavy (non-hydrogen) atoms. The number of methoxy groups -OCH3 is 1. The van der Waals surface area contributed by atoms with Crippen LogP contribution in [-0.4, -0.2) is 17.9 Å². The van der Waals surface area contributed by atoms with Gasteiger partial charge < -0.3 is 14.0 Å². The summed E-state index contributed by atoms with van der Waals surface area (Å²) >= 11 is 0. The Labute approximate surface area is 135 Å². The summed E-state index contributed by atoms with van der Waals surface area (Å²) in [5, 5.41) is 0. The SMILES string of the molecule is COc1ccccc1Oc1ccc(N=Cc2ccn(C)c2)cc1. The van der Waals surface area contributed by atoms with E-state index in [0.717, 1.165) is 17.0 Å². The minimum absolute atomic E-state index is 0.690. The van der Waals surface area contributed by atoms with E-state index in [0.29, 0.717) is 11.5 Å². The minimum atomic E-state index is 0.690. The highest BCUT2D eigenvalue weighted by Crippen LogP contribution is 2.31. The van der Waals surface area contributed by atoms with Crippen LogP contribution in [-0.2, 0) is 7.05 Å². The van der Waals surface area contributed by atoms with E-state index < -0.39 is 0 Å². The van der Waals surface area contributed by atoms with E-state index in [9.17, 15) is 0 Å². The van der Waals surface area contributed by atoms with Crippen molar-refractivity contribution in [2.75, 3.05) is 7.11 Å². The normalized spacial score (nSPS) is 10.9. The van der Waals surface area contributed by atoms with Gasteiger partial charge in [0.2, 0.25) is 0 Å². The lowest BCUT2D eigenvalue weighted by atomic mass is 10.3. The Hall–Kier alpha value is -3.01. The van der Waals surface area contributed by atoms with Crippen molar-refractivity contribution in [3.8, 4) is 17.2 Å². The molecule has 1 heterocycles. The van der Waals surface area contributed by atoms with Crippen LogP contribution in [0.15, 0.2) is 72.0 Å². The maximum Gasteiger partial charge on any atom is 0.169 e. The fourth-order valence-electron chi connectivity index (χ4n) is 2.18. The van der Waals surface area contributed by atoms with Crippen LogP contribution >= 0.6 is 0 Å². The summed E-state index contributed by atoms with van der Waals surface area (Å²) in [7, 11) is 3.62. The number of aromatic nitrogens is 1. The van der Waals surface area contributed by atoms with Crippen LogP contribution in [0.2, 0.25) is 0 Å². The second kappa shape index (κ2) is 6.83. The predicted octanol–water partition coefficient (Wildman–Crippen LogP) is 4.58.